The third kappa shape index (κ3) is 3.85. The van der Waals surface area contributed by atoms with E-state index in [9.17, 15) is 18.0 Å². The SMILES string of the molecule is CCOC(=O)/C=C(/c1c(C)cc(C)cc1C)C(F)(F)F. The zero-order valence-electron chi connectivity index (χ0n) is 11.9. The van der Waals surface area contributed by atoms with Gasteiger partial charge in [0.25, 0.3) is 0 Å². The van der Waals surface area contributed by atoms with Crippen LogP contribution in [0.2, 0.25) is 0 Å². The number of benzene rings is 1. The summed E-state index contributed by atoms with van der Waals surface area (Å²) in [5.74, 6) is -0.987. The molecule has 0 heterocycles. The fourth-order valence-corrected chi connectivity index (χ4v) is 2.20. The van der Waals surface area contributed by atoms with Gasteiger partial charge in [-0.25, -0.2) is 4.79 Å². The maximum absolute atomic E-state index is 13.2. The van der Waals surface area contributed by atoms with Gasteiger partial charge in [-0.3, -0.25) is 0 Å². The van der Waals surface area contributed by atoms with Crippen molar-refractivity contribution in [1.29, 1.82) is 0 Å². The van der Waals surface area contributed by atoms with Gasteiger partial charge < -0.3 is 4.74 Å². The summed E-state index contributed by atoms with van der Waals surface area (Å²) in [6.45, 7) is 6.58. The molecule has 110 valence electrons. The third-order valence-electron chi connectivity index (χ3n) is 2.80. The van der Waals surface area contributed by atoms with Crippen LogP contribution in [-0.2, 0) is 9.53 Å². The van der Waals surface area contributed by atoms with E-state index in [2.05, 4.69) is 4.74 Å². The first kappa shape index (κ1) is 16.3. The number of alkyl halides is 3. The van der Waals surface area contributed by atoms with Crippen molar-refractivity contribution in [1.82, 2.24) is 0 Å². The second kappa shape index (κ2) is 6.11. The van der Waals surface area contributed by atoms with Gasteiger partial charge in [0.05, 0.1) is 12.2 Å². The van der Waals surface area contributed by atoms with Gasteiger partial charge in [-0.2, -0.15) is 13.2 Å². The molecule has 0 bridgehead atoms. The molecule has 0 saturated carbocycles. The van der Waals surface area contributed by atoms with E-state index in [1.165, 1.54) is 0 Å². The lowest BCUT2D eigenvalue weighted by atomic mass is 9.93. The largest absolute Gasteiger partial charge is 0.463 e. The minimum atomic E-state index is -4.61. The summed E-state index contributed by atoms with van der Waals surface area (Å²) >= 11 is 0. The molecule has 20 heavy (non-hydrogen) atoms. The van der Waals surface area contributed by atoms with Crippen molar-refractivity contribution < 1.29 is 22.7 Å². The zero-order valence-corrected chi connectivity index (χ0v) is 11.9. The van der Waals surface area contributed by atoms with Gasteiger partial charge in [0, 0.05) is 6.08 Å². The Balaban J connectivity index is 3.44. The molecule has 1 aromatic carbocycles. The number of aryl methyl sites for hydroxylation is 3. The fraction of sp³-hybridized carbons (Fsp3) is 0.400. The number of esters is 1. The Labute approximate surface area is 116 Å². The monoisotopic (exact) mass is 286 g/mol. The zero-order chi connectivity index (χ0) is 15.5. The Kier molecular flexibility index (Phi) is 4.98. The Morgan fingerprint density at radius 2 is 1.70 bits per heavy atom. The molecule has 0 saturated heterocycles. The topological polar surface area (TPSA) is 26.3 Å². The molecule has 0 spiro atoms. The highest BCUT2D eigenvalue weighted by Gasteiger charge is 2.37. The molecule has 0 fully saturated rings. The van der Waals surface area contributed by atoms with Gasteiger partial charge in [-0.05, 0) is 44.4 Å². The lowest BCUT2D eigenvalue weighted by molar-refractivity contribution is -0.137. The van der Waals surface area contributed by atoms with E-state index in [4.69, 9.17) is 0 Å². The summed E-state index contributed by atoms with van der Waals surface area (Å²) in [5, 5.41) is 0. The molecule has 1 rings (SSSR count). The van der Waals surface area contributed by atoms with Crippen LogP contribution in [0.3, 0.4) is 0 Å². The van der Waals surface area contributed by atoms with Crippen LogP contribution in [0, 0.1) is 20.8 Å². The van der Waals surface area contributed by atoms with E-state index >= 15 is 0 Å². The first-order valence-electron chi connectivity index (χ1n) is 6.20. The first-order chi connectivity index (χ1) is 9.16. The molecule has 0 amide bonds. The van der Waals surface area contributed by atoms with E-state index in [1.807, 2.05) is 6.92 Å². The van der Waals surface area contributed by atoms with E-state index in [1.54, 1.807) is 32.9 Å². The summed E-state index contributed by atoms with van der Waals surface area (Å²) in [6, 6.07) is 3.32. The minimum absolute atomic E-state index is 0.0341. The van der Waals surface area contributed by atoms with Crippen molar-refractivity contribution in [2.45, 2.75) is 33.9 Å². The first-order valence-corrected chi connectivity index (χ1v) is 6.20. The Morgan fingerprint density at radius 1 is 1.20 bits per heavy atom. The predicted octanol–water partition coefficient (Wildman–Crippen LogP) is 4.12. The van der Waals surface area contributed by atoms with Crippen LogP contribution >= 0.6 is 0 Å². The summed E-state index contributed by atoms with van der Waals surface area (Å²) < 4.78 is 44.1. The normalized spacial score (nSPS) is 12.4. The van der Waals surface area contributed by atoms with Crippen molar-refractivity contribution in [2.24, 2.45) is 0 Å². The van der Waals surface area contributed by atoms with Gasteiger partial charge in [-0.1, -0.05) is 17.7 Å². The molecular formula is C15H17F3O2. The molecule has 1 aromatic rings. The van der Waals surface area contributed by atoms with Crippen LogP contribution in [0.5, 0.6) is 0 Å². The Bertz CT molecular complexity index is 520. The molecular weight excluding hydrogens is 269 g/mol. The molecule has 0 unspecified atom stereocenters. The van der Waals surface area contributed by atoms with Crippen molar-refractivity contribution in [2.75, 3.05) is 6.61 Å². The van der Waals surface area contributed by atoms with Gasteiger partial charge >= 0.3 is 12.1 Å². The van der Waals surface area contributed by atoms with Crippen LogP contribution < -0.4 is 0 Å². The van der Waals surface area contributed by atoms with Crippen LogP contribution in [0.4, 0.5) is 13.2 Å². The molecule has 0 aromatic heterocycles. The van der Waals surface area contributed by atoms with Crippen molar-refractivity contribution in [3.8, 4) is 0 Å². The lowest BCUT2D eigenvalue weighted by Gasteiger charge is -2.17. The molecule has 0 N–H and O–H groups in total. The highest BCUT2D eigenvalue weighted by atomic mass is 19.4. The second-order valence-corrected chi connectivity index (χ2v) is 4.58. The molecule has 0 aliphatic carbocycles. The van der Waals surface area contributed by atoms with Gasteiger partial charge in [0.1, 0.15) is 0 Å². The predicted molar refractivity (Wildman–Crippen MR) is 71.3 cm³/mol. The third-order valence-corrected chi connectivity index (χ3v) is 2.80. The van der Waals surface area contributed by atoms with Crippen LogP contribution in [0.1, 0.15) is 29.2 Å². The average Bonchev–Trinajstić information content (AvgIpc) is 2.25. The molecule has 0 radical (unpaired) electrons. The summed E-state index contributed by atoms with van der Waals surface area (Å²) in [4.78, 5) is 11.4. The summed E-state index contributed by atoms with van der Waals surface area (Å²) in [5.41, 5.74) is 0.911. The molecule has 2 nitrogen and oxygen atoms in total. The fourth-order valence-electron chi connectivity index (χ4n) is 2.20. The quantitative estimate of drug-likeness (QED) is 0.617. The average molecular weight is 286 g/mol. The number of carbonyl (C=O) groups excluding carboxylic acids is 1. The summed E-state index contributed by atoms with van der Waals surface area (Å²) in [6.07, 6.45) is -4.09. The Morgan fingerprint density at radius 3 is 2.10 bits per heavy atom. The standard InChI is InChI=1S/C15H17F3O2/c1-5-20-13(19)8-12(15(16,17)18)14-10(3)6-9(2)7-11(14)4/h6-8H,5H2,1-4H3/b12-8-. The number of ether oxygens (including phenoxy) is 1. The van der Waals surface area contributed by atoms with Crippen LogP contribution in [0.15, 0.2) is 18.2 Å². The van der Waals surface area contributed by atoms with E-state index in [0.717, 1.165) is 5.56 Å². The van der Waals surface area contributed by atoms with E-state index in [-0.39, 0.29) is 12.2 Å². The molecule has 0 atom stereocenters. The number of hydrogen-bond donors (Lipinski definition) is 0. The second-order valence-electron chi connectivity index (χ2n) is 4.58. The highest BCUT2D eigenvalue weighted by Crippen LogP contribution is 2.37. The van der Waals surface area contributed by atoms with Crippen LogP contribution in [0.25, 0.3) is 5.57 Å². The molecule has 5 heteroatoms. The maximum Gasteiger partial charge on any atom is 0.417 e. The van der Waals surface area contributed by atoms with Crippen LogP contribution in [-0.4, -0.2) is 18.8 Å². The van der Waals surface area contributed by atoms with E-state index in [0.29, 0.717) is 17.2 Å². The van der Waals surface area contributed by atoms with Crippen molar-refractivity contribution in [3.63, 3.8) is 0 Å². The number of rotatable bonds is 3. The summed E-state index contributed by atoms with van der Waals surface area (Å²) in [7, 11) is 0. The van der Waals surface area contributed by atoms with Crippen molar-refractivity contribution in [3.05, 3.63) is 40.5 Å². The van der Waals surface area contributed by atoms with Gasteiger partial charge in [-0.15, -0.1) is 0 Å². The number of hydrogen-bond acceptors (Lipinski definition) is 2. The number of allylic oxidation sites excluding steroid dienone is 1. The molecule has 0 aliphatic rings. The minimum Gasteiger partial charge on any atom is -0.463 e. The number of halogens is 3. The Hall–Kier alpha value is -1.78. The smallest absolute Gasteiger partial charge is 0.417 e. The lowest BCUT2D eigenvalue weighted by Crippen LogP contribution is -2.15. The van der Waals surface area contributed by atoms with Gasteiger partial charge in [0.2, 0.25) is 0 Å². The number of carbonyl (C=O) groups is 1. The molecule has 0 aliphatic heterocycles. The highest BCUT2D eigenvalue weighted by molar-refractivity contribution is 5.93. The van der Waals surface area contributed by atoms with Gasteiger partial charge in [0.15, 0.2) is 0 Å². The van der Waals surface area contributed by atoms with E-state index < -0.39 is 17.7 Å². The maximum atomic E-state index is 13.2. The van der Waals surface area contributed by atoms with Crippen molar-refractivity contribution >= 4 is 11.5 Å².